The van der Waals surface area contributed by atoms with Crippen LogP contribution < -0.4 is 5.32 Å². The third kappa shape index (κ3) is 3.85. The summed E-state index contributed by atoms with van der Waals surface area (Å²) in [5.41, 5.74) is 0.684. The number of aromatic carboxylic acids is 1. The lowest BCUT2D eigenvalue weighted by Crippen LogP contribution is -2.43. The Morgan fingerprint density at radius 3 is 2.40 bits per heavy atom. The summed E-state index contributed by atoms with van der Waals surface area (Å²) >= 11 is 0. The molecule has 0 amide bonds. The Bertz CT molecular complexity index is 472. The number of nitrogens with one attached hydrogen (secondary N) is 1. The molecule has 1 aromatic heterocycles. The van der Waals surface area contributed by atoms with Crippen LogP contribution in [0.5, 0.6) is 0 Å². The normalized spacial score (nSPS) is 21.8. The molecule has 2 N–H and O–H groups in total. The predicted octanol–water partition coefficient (Wildman–Crippen LogP) is 3.67. The van der Waals surface area contributed by atoms with Crippen LogP contribution in [0.3, 0.4) is 0 Å². The van der Waals surface area contributed by atoms with Gasteiger partial charge in [0.05, 0.1) is 6.54 Å². The van der Waals surface area contributed by atoms with Gasteiger partial charge in [-0.05, 0) is 42.2 Å². The van der Waals surface area contributed by atoms with Crippen LogP contribution in [0.15, 0.2) is 16.5 Å². The van der Waals surface area contributed by atoms with Gasteiger partial charge in [0.2, 0.25) is 5.76 Å². The molecule has 1 saturated carbocycles. The first-order chi connectivity index (χ1) is 9.17. The largest absolute Gasteiger partial charge is 0.475 e. The van der Waals surface area contributed by atoms with Gasteiger partial charge in [0, 0.05) is 6.04 Å². The van der Waals surface area contributed by atoms with Crippen LogP contribution in [-0.2, 0) is 6.54 Å². The minimum absolute atomic E-state index is 0.00565. The fourth-order valence-corrected chi connectivity index (χ4v) is 3.82. The Labute approximate surface area is 120 Å². The number of rotatable bonds is 4. The molecule has 1 aliphatic rings. The molecule has 20 heavy (non-hydrogen) atoms. The fraction of sp³-hybridized carbons (Fsp3) is 0.688. The zero-order chi connectivity index (χ0) is 15.0. The van der Waals surface area contributed by atoms with Crippen molar-refractivity contribution in [2.75, 3.05) is 0 Å². The van der Waals surface area contributed by atoms with Crippen molar-refractivity contribution in [3.8, 4) is 0 Å². The van der Waals surface area contributed by atoms with Crippen molar-refractivity contribution in [3.63, 3.8) is 0 Å². The molecular formula is C16H25NO3. The van der Waals surface area contributed by atoms with E-state index in [1.165, 1.54) is 12.5 Å². The Kier molecular flexibility index (Phi) is 3.96. The maximum absolute atomic E-state index is 10.8. The summed E-state index contributed by atoms with van der Waals surface area (Å²) in [6, 6.07) is 3.69. The monoisotopic (exact) mass is 279 g/mol. The van der Waals surface area contributed by atoms with Crippen LogP contribution >= 0.6 is 0 Å². The van der Waals surface area contributed by atoms with Crippen LogP contribution in [-0.4, -0.2) is 17.1 Å². The molecule has 1 aromatic rings. The second kappa shape index (κ2) is 5.24. The zero-order valence-corrected chi connectivity index (χ0v) is 12.8. The van der Waals surface area contributed by atoms with Crippen molar-refractivity contribution in [2.24, 2.45) is 10.8 Å². The molecule has 1 fully saturated rings. The number of carbonyl (C=O) groups is 1. The summed E-state index contributed by atoms with van der Waals surface area (Å²) in [6.45, 7) is 9.86. The molecule has 4 nitrogen and oxygen atoms in total. The van der Waals surface area contributed by atoms with Crippen molar-refractivity contribution >= 4 is 5.97 Å². The molecule has 0 aromatic carbocycles. The van der Waals surface area contributed by atoms with E-state index in [2.05, 4.69) is 33.0 Å². The summed E-state index contributed by atoms with van der Waals surface area (Å²) in [7, 11) is 0. The second-order valence-corrected chi connectivity index (χ2v) is 7.56. The second-order valence-electron chi connectivity index (χ2n) is 7.56. The lowest BCUT2D eigenvalue weighted by atomic mass is 9.63. The van der Waals surface area contributed by atoms with Gasteiger partial charge in [-0.1, -0.05) is 27.7 Å². The van der Waals surface area contributed by atoms with Gasteiger partial charge in [-0.3, -0.25) is 0 Å². The predicted molar refractivity (Wildman–Crippen MR) is 77.7 cm³/mol. The first-order valence-electron chi connectivity index (χ1n) is 7.22. The molecule has 0 aliphatic heterocycles. The standard InChI is InChI=1S/C16H25NO3/c1-15(2)7-11(8-16(3,4)10-15)17-9-12-5-6-13(20-12)14(18)19/h5-6,11,17H,7-10H2,1-4H3,(H,18,19). The first-order valence-corrected chi connectivity index (χ1v) is 7.22. The molecule has 112 valence electrons. The average molecular weight is 279 g/mol. The van der Waals surface area contributed by atoms with Crippen LogP contribution in [0, 0.1) is 10.8 Å². The van der Waals surface area contributed by atoms with Gasteiger partial charge in [0.15, 0.2) is 0 Å². The molecule has 0 spiro atoms. The highest BCUT2D eigenvalue weighted by molar-refractivity contribution is 5.84. The molecule has 4 heteroatoms. The Morgan fingerprint density at radius 1 is 1.30 bits per heavy atom. The topological polar surface area (TPSA) is 62.5 Å². The lowest BCUT2D eigenvalue weighted by molar-refractivity contribution is 0.0659. The number of furan rings is 1. The lowest BCUT2D eigenvalue weighted by Gasteiger charge is -2.45. The molecule has 1 heterocycles. The van der Waals surface area contributed by atoms with E-state index in [0.717, 1.165) is 12.8 Å². The minimum Gasteiger partial charge on any atom is -0.475 e. The summed E-state index contributed by atoms with van der Waals surface area (Å²) < 4.78 is 5.28. The SMILES string of the molecule is CC1(C)CC(NCc2ccc(C(=O)O)o2)CC(C)(C)C1. The molecule has 0 saturated heterocycles. The number of hydrogen-bond donors (Lipinski definition) is 2. The van der Waals surface area contributed by atoms with Crippen LogP contribution in [0.2, 0.25) is 0 Å². The summed E-state index contributed by atoms with van der Waals surface area (Å²) in [4.78, 5) is 10.8. The molecular weight excluding hydrogens is 254 g/mol. The van der Waals surface area contributed by atoms with Gasteiger partial charge in [-0.25, -0.2) is 4.79 Å². The maximum atomic E-state index is 10.8. The smallest absolute Gasteiger partial charge is 0.371 e. The minimum atomic E-state index is -1.02. The van der Waals surface area contributed by atoms with Gasteiger partial charge < -0.3 is 14.8 Å². The van der Waals surface area contributed by atoms with Crippen molar-refractivity contribution < 1.29 is 14.3 Å². The van der Waals surface area contributed by atoms with E-state index in [1.807, 2.05) is 0 Å². The Hall–Kier alpha value is -1.29. The summed E-state index contributed by atoms with van der Waals surface area (Å²) in [6.07, 6.45) is 3.52. The highest BCUT2D eigenvalue weighted by Gasteiger charge is 2.38. The van der Waals surface area contributed by atoms with Gasteiger partial charge in [-0.15, -0.1) is 0 Å². The third-order valence-electron chi connectivity index (χ3n) is 3.99. The quantitative estimate of drug-likeness (QED) is 0.882. The molecule has 0 unspecified atom stereocenters. The van der Waals surface area contributed by atoms with Crippen molar-refractivity contribution in [1.29, 1.82) is 0 Å². The van der Waals surface area contributed by atoms with Crippen molar-refractivity contribution in [3.05, 3.63) is 23.7 Å². The molecule has 0 atom stereocenters. The third-order valence-corrected chi connectivity index (χ3v) is 3.99. The highest BCUT2D eigenvalue weighted by Crippen LogP contribution is 2.45. The molecule has 1 aliphatic carbocycles. The van der Waals surface area contributed by atoms with E-state index in [9.17, 15) is 4.79 Å². The molecule has 0 bridgehead atoms. The van der Waals surface area contributed by atoms with Crippen LogP contribution in [0.25, 0.3) is 0 Å². The van der Waals surface area contributed by atoms with E-state index < -0.39 is 5.97 Å². The van der Waals surface area contributed by atoms with Gasteiger partial charge in [0.1, 0.15) is 5.76 Å². The van der Waals surface area contributed by atoms with Crippen LogP contribution in [0.1, 0.15) is 63.3 Å². The Balaban J connectivity index is 1.94. The van der Waals surface area contributed by atoms with Crippen molar-refractivity contribution in [1.82, 2.24) is 5.32 Å². The number of carboxylic acids is 1. The van der Waals surface area contributed by atoms with E-state index in [4.69, 9.17) is 9.52 Å². The van der Waals surface area contributed by atoms with E-state index in [-0.39, 0.29) is 5.76 Å². The van der Waals surface area contributed by atoms with E-state index in [0.29, 0.717) is 29.2 Å². The average Bonchev–Trinajstić information content (AvgIpc) is 2.70. The summed E-state index contributed by atoms with van der Waals surface area (Å²) in [5, 5.41) is 12.4. The van der Waals surface area contributed by atoms with Gasteiger partial charge in [0.25, 0.3) is 0 Å². The van der Waals surface area contributed by atoms with Crippen molar-refractivity contribution in [2.45, 2.75) is 59.5 Å². The first kappa shape index (κ1) is 15.1. The highest BCUT2D eigenvalue weighted by atomic mass is 16.4. The number of carboxylic acid groups (broad SMARTS) is 1. The van der Waals surface area contributed by atoms with E-state index in [1.54, 1.807) is 6.07 Å². The molecule has 2 rings (SSSR count). The van der Waals surface area contributed by atoms with Gasteiger partial charge >= 0.3 is 5.97 Å². The van der Waals surface area contributed by atoms with E-state index >= 15 is 0 Å². The maximum Gasteiger partial charge on any atom is 0.371 e. The zero-order valence-electron chi connectivity index (χ0n) is 12.8. The number of hydrogen-bond acceptors (Lipinski definition) is 3. The molecule has 0 radical (unpaired) electrons. The van der Waals surface area contributed by atoms with Gasteiger partial charge in [-0.2, -0.15) is 0 Å². The Morgan fingerprint density at radius 2 is 1.90 bits per heavy atom. The van der Waals surface area contributed by atoms with Crippen LogP contribution in [0.4, 0.5) is 0 Å². The summed E-state index contributed by atoms with van der Waals surface area (Å²) in [5.74, 6) is -0.328. The fourth-order valence-electron chi connectivity index (χ4n) is 3.82.